The maximum Gasteiger partial charge on any atom is 0.222 e. The molecule has 1 saturated carbocycles. The van der Waals surface area contributed by atoms with Crippen LogP contribution in [0.1, 0.15) is 61.1 Å². The number of ether oxygens (including phenoxy) is 1. The van der Waals surface area contributed by atoms with Crippen LogP contribution in [0.25, 0.3) is 0 Å². The van der Waals surface area contributed by atoms with Crippen LogP contribution in [0, 0.1) is 0 Å². The summed E-state index contributed by atoms with van der Waals surface area (Å²) >= 11 is 0. The van der Waals surface area contributed by atoms with Gasteiger partial charge in [-0.1, -0.05) is 26.0 Å². The monoisotopic (exact) mass is 452 g/mol. The van der Waals surface area contributed by atoms with E-state index >= 15 is 0 Å². The van der Waals surface area contributed by atoms with E-state index in [0.717, 1.165) is 47.7 Å². The zero-order chi connectivity index (χ0) is 22.6. The average molecular weight is 453 g/mol. The Morgan fingerprint density at radius 3 is 2.31 bits per heavy atom. The molecule has 0 radical (unpaired) electrons. The van der Waals surface area contributed by atoms with Gasteiger partial charge in [0, 0.05) is 42.2 Å². The van der Waals surface area contributed by atoms with Crippen LogP contribution >= 0.6 is 0 Å². The molecule has 0 saturated heterocycles. The van der Waals surface area contributed by atoms with Gasteiger partial charge in [0.1, 0.15) is 17.4 Å². The van der Waals surface area contributed by atoms with Crippen LogP contribution in [-0.4, -0.2) is 34.1 Å². The van der Waals surface area contributed by atoms with Gasteiger partial charge in [0.15, 0.2) is 9.84 Å². The fourth-order valence-corrected chi connectivity index (χ4v) is 4.16. The van der Waals surface area contributed by atoms with Crippen molar-refractivity contribution >= 4 is 9.84 Å². The molecule has 0 unspecified atom stereocenters. The highest BCUT2D eigenvalue weighted by Gasteiger charge is 2.27. The largest absolute Gasteiger partial charge is 0.439 e. The Morgan fingerprint density at radius 2 is 1.69 bits per heavy atom. The van der Waals surface area contributed by atoms with Gasteiger partial charge in [-0.05, 0) is 48.9 Å². The Morgan fingerprint density at radius 1 is 0.969 bits per heavy atom. The van der Waals surface area contributed by atoms with Crippen molar-refractivity contribution in [1.82, 2.24) is 19.9 Å². The minimum Gasteiger partial charge on any atom is -0.439 e. The second kappa shape index (κ2) is 9.73. The molecule has 0 aliphatic heterocycles. The summed E-state index contributed by atoms with van der Waals surface area (Å²) in [5, 5.41) is 0. The summed E-state index contributed by atoms with van der Waals surface area (Å²) in [7, 11) is -3.06. The van der Waals surface area contributed by atoms with E-state index in [0.29, 0.717) is 30.4 Å². The van der Waals surface area contributed by atoms with Gasteiger partial charge in [-0.2, -0.15) is 4.98 Å². The zero-order valence-corrected chi connectivity index (χ0v) is 19.3. The second-order valence-electron chi connectivity index (χ2n) is 8.11. The van der Waals surface area contributed by atoms with E-state index in [1.807, 2.05) is 18.5 Å². The first-order valence-electron chi connectivity index (χ1n) is 11.1. The molecule has 0 amide bonds. The zero-order valence-electron chi connectivity index (χ0n) is 18.5. The number of hydrogen-bond donors (Lipinski definition) is 0. The third kappa shape index (κ3) is 6.09. The predicted molar refractivity (Wildman–Crippen MR) is 123 cm³/mol. The van der Waals surface area contributed by atoms with Crippen LogP contribution < -0.4 is 4.74 Å². The van der Waals surface area contributed by atoms with Gasteiger partial charge in [-0.25, -0.2) is 23.4 Å². The molecule has 1 aliphatic rings. The molecular weight excluding hydrogens is 424 g/mol. The number of aromatic nitrogens is 4. The minimum absolute atomic E-state index is 0.0363. The van der Waals surface area contributed by atoms with Crippen molar-refractivity contribution in [2.75, 3.05) is 5.75 Å². The van der Waals surface area contributed by atoms with E-state index in [9.17, 15) is 8.42 Å². The van der Waals surface area contributed by atoms with Crippen molar-refractivity contribution in [1.29, 1.82) is 0 Å². The quantitative estimate of drug-likeness (QED) is 0.454. The van der Waals surface area contributed by atoms with E-state index < -0.39 is 9.84 Å². The normalized spacial score (nSPS) is 13.8. The van der Waals surface area contributed by atoms with Crippen molar-refractivity contribution in [2.45, 2.75) is 57.6 Å². The van der Waals surface area contributed by atoms with Gasteiger partial charge in [-0.3, -0.25) is 0 Å². The average Bonchev–Trinajstić information content (AvgIpc) is 3.65. The lowest BCUT2D eigenvalue weighted by Crippen LogP contribution is -2.06. The topological polar surface area (TPSA) is 94.9 Å². The van der Waals surface area contributed by atoms with E-state index in [1.54, 1.807) is 31.2 Å². The van der Waals surface area contributed by atoms with Crippen molar-refractivity contribution < 1.29 is 13.2 Å². The molecular formula is C24H28N4O3S. The molecule has 2 aromatic heterocycles. The van der Waals surface area contributed by atoms with Crippen molar-refractivity contribution in [3.05, 3.63) is 71.2 Å². The third-order valence-corrected chi connectivity index (χ3v) is 7.11. The van der Waals surface area contributed by atoms with Gasteiger partial charge < -0.3 is 4.74 Å². The van der Waals surface area contributed by atoms with Gasteiger partial charge in [0.25, 0.3) is 0 Å². The van der Waals surface area contributed by atoms with Crippen LogP contribution in [0.4, 0.5) is 0 Å². The summed E-state index contributed by atoms with van der Waals surface area (Å²) in [6.45, 7) is 3.74. The molecule has 8 heteroatoms. The molecule has 0 atom stereocenters. The van der Waals surface area contributed by atoms with Crippen molar-refractivity contribution in [2.24, 2.45) is 0 Å². The number of sulfone groups is 1. The number of aryl methyl sites for hydroxylation is 3. The van der Waals surface area contributed by atoms with E-state index in [-0.39, 0.29) is 11.5 Å². The molecule has 4 rings (SSSR count). The summed E-state index contributed by atoms with van der Waals surface area (Å²) in [4.78, 5) is 18.2. The smallest absolute Gasteiger partial charge is 0.222 e. The van der Waals surface area contributed by atoms with Crippen LogP contribution in [0.15, 0.2) is 42.7 Å². The number of hydrogen-bond acceptors (Lipinski definition) is 7. The molecule has 0 bridgehead atoms. The summed E-state index contributed by atoms with van der Waals surface area (Å²) in [5.74, 6) is 3.32. The summed E-state index contributed by atoms with van der Waals surface area (Å²) < 4.78 is 29.7. The molecule has 0 spiro atoms. The molecule has 3 aromatic rings. The molecule has 1 aromatic carbocycles. The Labute approximate surface area is 189 Å². The maximum atomic E-state index is 11.8. The van der Waals surface area contributed by atoms with E-state index in [1.165, 1.54) is 0 Å². The maximum absolute atomic E-state index is 11.8. The van der Waals surface area contributed by atoms with Crippen LogP contribution in [0.3, 0.4) is 0 Å². The number of nitrogens with zero attached hydrogens (tertiary/aromatic N) is 4. The SMILES string of the molecule is CCc1cnc(CCc2cc(Oc3ccc(CS(=O)(=O)CC)cc3)nc(C3CC3)n2)nc1. The highest BCUT2D eigenvalue weighted by Crippen LogP contribution is 2.39. The summed E-state index contributed by atoms with van der Waals surface area (Å²) in [6.07, 6.45) is 8.29. The first kappa shape index (κ1) is 22.3. The van der Waals surface area contributed by atoms with Crippen LogP contribution in [0.2, 0.25) is 0 Å². The Hall–Kier alpha value is -2.87. The summed E-state index contributed by atoms with van der Waals surface area (Å²) in [5.41, 5.74) is 2.78. The van der Waals surface area contributed by atoms with Crippen molar-refractivity contribution in [3.8, 4) is 11.6 Å². The molecule has 1 aliphatic carbocycles. The second-order valence-corrected chi connectivity index (χ2v) is 10.5. The van der Waals surface area contributed by atoms with E-state index in [4.69, 9.17) is 9.72 Å². The third-order valence-electron chi connectivity index (χ3n) is 5.46. The molecule has 1 fully saturated rings. The minimum atomic E-state index is -3.06. The Balaban J connectivity index is 1.46. The van der Waals surface area contributed by atoms with Gasteiger partial charge >= 0.3 is 0 Å². The van der Waals surface area contributed by atoms with Crippen molar-refractivity contribution in [3.63, 3.8) is 0 Å². The predicted octanol–water partition coefficient (Wildman–Crippen LogP) is 4.22. The molecule has 0 N–H and O–H groups in total. The lowest BCUT2D eigenvalue weighted by atomic mass is 10.2. The number of benzene rings is 1. The molecule has 2 heterocycles. The van der Waals surface area contributed by atoms with Crippen LogP contribution in [-0.2, 0) is 34.9 Å². The van der Waals surface area contributed by atoms with Gasteiger partial charge in [0.2, 0.25) is 5.88 Å². The first-order valence-corrected chi connectivity index (χ1v) is 12.9. The highest BCUT2D eigenvalue weighted by atomic mass is 32.2. The Bertz CT molecular complexity index is 1160. The molecule has 168 valence electrons. The highest BCUT2D eigenvalue weighted by molar-refractivity contribution is 7.90. The van der Waals surface area contributed by atoms with Gasteiger partial charge in [-0.15, -0.1) is 0 Å². The standard InChI is InChI=1S/C24H28N4O3S/c1-3-17-14-25-22(26-15-17)12-9-20-13-23(28-24(27-20)19-7-8-19)31-21-10-5-18(6-11-21)16-32(29,30)4-2/h5-6,10-11,13-15,19H,3-4,7-9,12,16H2,1-2H3. The number of rotatable bonds is 10. The fourth-order valence-electron chi connectivity index (χ4n) is 3.26. The lowest BCUT2D eigenvalue weighted by molar-refractivity contribution is 0.456. The van der Waals surface area contributed by atoms with Gasteiger partial charge in [0.05, 0.1) is 5.75 Å². The first-order chi connectivity index (χ1) is 15.4. The molecule has 7 nitrogen and oxygen atoms in total. The lowest BCUT2D eigenvalue weighted by Gasteiger charge is -2.10. The Kier molecular flexibility index (Phi) is 6.79. The molecule has 32 heavy (non-hydrogen) atoms. The van der Waals surface area contributed by atoms with E-state index in [2.05, 4.69) is 21.9 Å². The fraction of sp³-hybridized carbons (Fsp3) is 0.417. The van der Waals surface area contributed by atoms with Crippen LogP contribution in [0.5, 0.6) is 11.6 Å². The summed E-state index contributed by atoms with van der Waals surface area (Å²) in [6, 6.07) is 8.99.